The van der Waals surface area contributed by atoms with Gasteiger partial charge in [-0.25, -0.2) is 4.79 Å². The summed E-state index contributed by atoms with van der Waals surface area (Å²) in [6.45, 7) is 0.0116. The van der Waals surface area contributed by atoms with Crippen LogP contribution in [0.15, 0.2) is 0 Å². The number of nitrogens with zero attached hydrogens (tertiary/aromatic N) is 1. The maximum atomic E-state index is 12.9. The van der Waals surface area contributed by atoms with Gasteiger partial charge in [-0.2, -0.15) is 0 Å². The average molecular weight is 459 g/mol. The van der Waals surface area contributed by atoms with E-state index in [1.165, 1.54) is 0 Å². The number of nitrogens with two attached hydrogens (primary N) is 2. The van der Waals surface area contributed by atoms with Crippen molar-refractivity contribution in [1.82, 2.24) is 15.5 Å². The number of carboxylic acids is 3. The number of rotatable bonds is 12. The van der Waals surface area contributed by atoms with E-state index in [0.29, 0.717) is 6.42 Å². The van der Waals surface area contributed by atoms with Crippen molar-refractivity contribution >= 4 is 41.5 Å². The van der Waals surface area contributed by atoms with Gasteiger partial charge in [0.05, 0.1) is 25.3 Å². The predicted molar refractivity (Wildman–Crippen MR) is 103 cm³/mol. The molecule has 1 heterocycles. The Balaban J connectivity index is 2.97. The molecule has 1 rings (SSSR count). The van der Waals surface area contributed by atoms with E-state index in [-0.39, 0.29) is 13.0 Å². The SMILES string of the molecule is NC(=O)CC(NC(=O)C1CCCN1C(=O)C(CC(=O)O)NC(=O)C(N)CC(=O)O)C(=O)O. The summed E-state index contributed by atoms with van der Waals surface area (Å²) in [6.07, 6.45) is -1.86. The number of carbonyl (C=O) groups excluding carboxylic acids is 4. The molecule has 4 unspecified atom stereocenters. The number of aliphatic carboxylic acids is 3. The van der Waals surface area contributed by atoms with Gasteiger partial charge < -0.3 is 42.3 Å². The van der Waals surface area contributed by atoms with Gasteiger partial charge in [-0.1, -0.05) is 0 Å². The Morgan fingerprint density at radius 2 is 1.50 bits per heavy atom. The number of likely N-dealkylation sites (tertiary alicyclic amines) is 1. The fourth-order valence-electron chi connectivity index (χ4n) is 3.11. The van der Waals surface area contributed by atoms with Gasteiger partial charge in [0.15, 0.2) is 0 Å². The lowest BCUT2D eigenvalue weighted by Gasteiger charge is -2.29. The first-order valence-electron chi connectivity index (χ1n) is 9.45. The van der Waals surface area contributed by atoms with Crippen LogP contribution < -0.4 is 22.1 Å². The Morgan fingerprint density at radius 1 is 0.906 bits per heavy atom. The van der Waals surface area contributed by atoms with Crippen molar-refractivity contribution in [2.45, 2.75) is 56.3 Å². The molecule has 4 amide bonds. The largest absolute Gasteiger partial charge is 0.481 e. The van der Waals surface area contributed by atoms with Gasteiger partial charge in [0, 0.05) is 6.54 Å². The lowest BCUT2D eigenvalue weighted by molar-refractivity contribution is -0.147. The molecule has 0 aromatic heterocycles. The quantitative estimate of drug-likeness (QED) is 0.149. The molecule has 15 heteroatoms. The molecule has 1 fully saturated rings. The third-order valence-electron chi connectivity index (χ3n) is 4.58. The predicted octanol–water partition coefficient (Wildman–Crippen LogP) is -3.82. The van der Waals surface area contributed by atoms with E-state index < -0.39 is 85.0 Å². The highest BCUT2D eigenvalue weighted by atomic mass is 16.4. The molecule has 1 aliphatic heterocycles. The molecule has 9 N–H and O–H groups in total. The molecule has 4 atom stereocenters. The topological polar surface area (TPSA) is 260 Å². The van der Waals surface area contributed by atoms with Crippen molar-refractivity contribution in [3.8, 4) is 0 Å². The molecule has 0 aliphatic carbocycles. The van der Waals surface area contributed by atoms with Crippen molar-refractivity contribution < 1.29 is 48.9 Å². The molecule has 1 saturated heterocycles. The fraction of sp³-hybridized carbons (Fsp3) is 0.588. The van der Waals surface area contributed by atoms with Crippen LogP contribution in [0.4, 0.5) is 0 Å². The second-order valence-corrected chi connectivity index (χ2v) is 7.12. The average Bonchev–Trinajstić information content (AvgIpc) is 3.14. The van der Waals surface area contributed by atoms with Gasteiger partial charge >= 0.3 is 17.9 Å². The highest BCUT2D eigenvalue weighted by Crippen LogP contribution is 2.20. The van der Waals surface area contributed by atoms with E-state index in [1.807, 2.05) is 0 Å². The van der Waals surface area contributed by atoms with Crippen LogP contribution in [-0.4, -0.2) is 92.5 Å². The smallest absolute Gasteiger partial charge is 0.326 e. The van der Waals surface area contributed by atoms with Crippen molar-refractivity contribution in [3.05, 3.63) is 0 Å². The summed E-state index contributed by atoms with van der Waals surface area (Å²) in [4.78, 5) is 82.6. The monoisotopic (exact) mass is 459 g/mol. The molecule has 32 heavy (non-hydrogen) atoms. The number of amides is 4. The normalized spacial score (nSPS) is 18.2. The number of hydrogen-bond donors (Lipinski definition) is 7. The summed E-state index contributed by atoms with van der Waals surface area (Å²) in [5.74, 6) is -8.23. The second-order valence-electron chi connectivity index (χ2n) is 7.12. The molecule has 0 bridgehead atoms. The Labute approximate surface area is 181 Å². The maximum Gasteiger partial charge on any atom is 0.326 e. The van der Waals surface area contributed by atoms with Crippen molar-refractivity contribution in [1.29, 1.82) is 0 Å². The van der Waals surface area contributed by atoms with Crippen LogP contribution in [0.3, 0.4) is 0 Å². The van der Waals surface area contributed by atoms with E-state index in [9.17, 15) is 33.6 Å². The minimum atomic E-state index is -1.64. The summed E-state index contributed by atoms with van der Waals surface area (Å²) < 4.78 is 0. The minimum absolute atomic E-state index is 0.0116. The summed E-state index contributed by atoms with van der Waals surface area (Å²) in [5, 5.41) is 31.1. The van der Waals surface area contributed by atoms with Crippen LogP contribution in [-0.2, 0) is 33.6 Å². The van der Waals surface area contributed by atoms with Gasteiger partial charge in [0.25, 0.3) is 0 Å². The molecule has 15 nitrogen and oxygen atoms in total. The summed E-state index contributed by atoms with van der Waals surface area (Å²) >= 11 is 0. The molecule has 1 aliphatic rings. The first-order valence-corrected chi connectivity index (χ1v) is 9.45. The summed E-state index contributed by atoms with van der Waals surface area (Å²) in [5.41, 5.74) is 10.4. The molecular formula is C17H25N5O10. The van der Waals surface area contributed by atoms with Crippen LogP contribution in [0.1, 0.15) is 32.1 Å². The van der Waals surface area contributed by atoms with Crippen LogP contribution in [0, 0.1) is 0 Å². The summed E-state index contributed by atoms with van der Waals surface area (Å²) in [7, 11) is 0. The zero-order valence-electron chi connectivity index (χ0n) is 16.9. The summed E-state index contributed by atoms with van der Waals surface area (Å²) in [6, 6.07) is -5.99. The second kappa shape index (κ2) is 11.6. The Bertz CT molecular complexity index is 801. The molecule has 0 aromatic rings. The highest BCUT2D eigenvalue weighted by Gasteiger charge is 2.40. The number of primary amides is 1. The highest BCUT2D eigenvalue weighted by molar-refractivity contribution is 5.97. The van der Waals surface area contributed by atoms with Crippen molar-refractivity contribution in [3.63, 3.8) is 0 Å². The third kappa shape index (κ3) is 7.82. The lowest BCUT2D eigenvalue weighted by Crippen LogP contribution is -2.57. The molecular weight excluding hydrogens is 434 g/mol. The number of carboxylic acid groups (broad SMARTS) is 3. The minimum Gasteiger partial charge on any atom is -0.481 e. The van der Waals surface area contributed by atoms with Crippen LogP contribution >= 0.6 is 0 Å². The van der Waals surface area contributed by atoms with Gasteiger partial charge in [0.2, 0.25) is 23.6 Å². The van der Waals surface area contributed by atoms with E-state index >= 15 is 0 Å². The first kappa shape index (κ1) is 26.3. The molecule has 0 aromatic carbocycles. The number of carbonyl (C=O) groups is 7. The van der Waals surface area contributed by atoms with Gasteiger partial charge in [-0.3, -0.25) is 28.8 Å². The first-order chi connectivity index (χ1) is 14.8. The molecule has 0 saturated carbocycles. The lowest BCUT2D eigenvalue weighted by atomic mass is 10.1. The van der Waals surface area contributed by atoms with Gasteiger partial charge in [-0.15, -0.1) is 0 Å². The van der Waals surface area contributed by atoms with Gasteiger partial charge in [-0.05, 0) is 12.8 Å². The van der Waals surface area contributed by atoms with E-state index in [1.54, 1.807) is 0 Å². The van der Waals surface area contributed by atoms with E-state index in [0.717, 1.165) is 4.90 Å². The van der Waals surface area contributed by atoms with Crippen LogP contribution in [0.25, 0.3) is 0 Å². The standard InChI is InChI=1S/C17H25N5O10/c18-7(4-12(24)25)14(28)20-8(6-13(26)27)16(30)22-3-1-2-10(22)15(29)21-9(17(31)32)5-11(19)23/h7-10H,1-6,18H2,(H2,19,23)(H,20,28)(H,21,29)(H,24,25)(H,26,27)(H,31,32). The zero-order valence-corrected chi connectivity index (χ0v) is 16.9. The zero-order chi connectivity index (χ0) is 24.6. The maximum absolute atomic E-state index is 12.9. The van der Waals surface area contributed by atoms with Crippen LogP contribution in [0.2, 0.25) is 0 Å². The number of hydrogen-bond acceptors (Lipinski definition) is 8. The Morgan fingerprint density at radius 3 is 2.00 bits per heavy atom. The van der Waals surface area contributed by atoms with Crippen molar-refractivity contribution in [2.75, 3.05) is 6.54 Å². The van der Waals surface area contributed by atoms with E-state index in [2.05, 4.69) is 10.6 Å². The van der Waals surface area contributed by atoms with Crippen molar-refractivity contribution in [2.24, 2.45) is 11.5 Å². The third-order valence-corrected chi connectivity index (χ3v) is 4.58. The van der Waals surface area contributed by atoms with Gasteiger partial charge in [0.1, 0.15) is 18.1 Å². The Kier molecular flexibility index (Phi) is 9.52. The number of nitrogens with one attached hydrogen (secondary N) is 2. The van der Waals surface area contributed by atoms with Crippen LogP contribution in [0.5, 0.6) is 0 Å². The Hall–Kier alpha value is -3.75. The molecule has 0 radical (unpaired) electrons. The molecule has 0 spiro atoms. The molecule has 178 valence electrons. The van der Waals surface area contributed by atoms with E-state index in [4.69, 9.17) is 26.8 Å². The fourth-order valence-corrected chi connectivity index (χ4v) is 3.11.